The van der Waals surface area contributed by atoms with E-state index in [1.807, 2.05) is 25.1 Å². The van der Waals surface area contributed by atoms with Crippen molar-refractivity contribution in [2.45, 2.75) is 20.4 Å². The minimum atomic E-state index is -0.182. The predicted molar refractivity (Wildman–Crippen MR) is 128 cm³/mol. The highest BCUT2D eigenvalue weighted by Crippen LogP contribution is 2.28. The predicted octanol–water partition coefficient (Wildman–Crippen LogP) is 2.77. The van der Waals surface area contributed by atoms with Gasteiger partial charge in [0.25, 0.3) is 11.5 Å². The molecule has 2 N–H and O–H groups in total. The number of H-pyrrole nitrogens is 1. The van der Waals surface area contributed by atoms with E-state index >= 15 is 0 Å². The third kappa shape index (κ3) is 3.93. The highest BCUT2D eigenvalue weighted by molar-refractivity contribution is 5.92. The SMILES string of the molecule is CNC(=O)c1ccc(C2=CCN(Cc3ccc4c(c3)[nH]c(=O)c3cc(C)nn34)CC2C)cn1. The molecule has 33 heavy (non-hydrogen) atoms. The van der Waals surface area contributed by atoms with E-state index in [0.717, 1.165) is 47.5 Å². The number of hydrogen-bond donors (Lipinski definition) is 2. The largest absolute Gasteiger partial charge is 0.354 e. The van der Waals surface area contributed by atoms with Gasteiger partial charge in [0.15, 0.2) is 0 Å². The summed E-state index contributed by atoms with van der Waals surface area (Å²) in [4.78, 5) is 33.8. The summed E-state index contributed by atoms with van der Waals surface area (Å²) >= 11 is 0. The molecule has 0 radical (unpaired) electrons. The van der Waals surface area contributed by atoms with Crippen molar-refractivity contribution < 1.29 is 4.79 Å². The number of benzene rings is 1. The lowest BCUT2D eigenvalue weighted by molar-refractivity contribution is 0.0958. The van der Waals surface area contributed by atoms with Gasteiger partial charge in [-0.05, 0) is 53.8 Å². The highest BCUT2D eigenvalue weighted by atomic mass is 16.1. The second-order valence-corrected chi connectivity index (χ2v) is 8.65. The van der Waals surface area contributed by atoms with E-state index in [1.165, 1.54) is 5.57 Å². The fourth-order valence-corrected chi connectivity index (χ4v) is 4.60. The molecular formula is C25H26N6O2. The van der Waals surface area contributed by atoms with E-state index in [9.17, 15) is 9.59 Å². The van der Waals surface area contributed by atoms with Crippen molar-refractivity contribution in [1.29, 1.82) is 0 Å². The molecule has 0 saturated heterocycles. The van der Waals surface area contributed by atoms with Gasteiger partial charge in [-0.3, -0.25) is 19.5 Å². The van der Waals surface area contributed by atoms with Crippen LogP contribution in [0.5, 0.6) is 0 Å². The van der Waals surface area contributed by atoms with Gasteiger partial charge in [-0.25, -0.2) is 4.52 Å². The van der Waals surface area contributed by atoms with E-state index in [0.29, 0.717) is 17.1 Å². The molecule has 1 aromatic carbocycles. The maximum Gasteiger partial charge on any atom is 0.274 e. The molecule has 0 spiro atoms. The Hall–Kier alpha value is -3.78. The average Bonchev–Trinajstić information content (AvgIpc) is 3.21. The molecule has 0 fully saturated rings. The van der Waals surface area contributed by atoms with E-state index in [2.05, 4.69) is 44.3 Å². The summed E-state index contributed by atoms with van der Waals surface area (Å²) in [7, 11) is 1.60. The van der Waals surface area contributed by atoms with Gasteiger partial charge >= 0.3 is 0 Å². The topological polar surface area (TPSA) is 95.4 Å². The van der Waals surface area contributed by atoms with Crippen LogP contribution in [0.3, 0.4) is 0 Å². The van der Waals surface area contributed by atoms with Gasteiger partial charge in [0, 0.05) is 32.9 Å². The number of amides is 1. The van der Waals surface area contributed by atoms with Crippen LogP contribution in [0.4, 0.5) is 0 Å². The number of aryl methyl sites for hydroxylation is 1. The lowest BCUT2D eigenvalue weighted by atomic mass is 9.91. The molecular weight excluding hydrogens is 416 g/mol. The van der Waals surface area contributed by atoms with Gasteiger partial charge in [0.05, 0.1) is 16.7 Å². The number of carbonyl (C=O) groups excluding carboxylic acids is 1. The second-order valence-electron chi connectivity index (χ2n) is 8.65. The highest BCUT2D eigenvalue weighted by Gasteiger charge is 2.21. The van der Waals surface area contributed by atoms with Crippen molar-refractivity contribution in [2.24, 2.45) is 5.92 Å². The molecule has 1 aliphatic heterocycles. The van der Waals surface area contributed by atoms with Crippen LogP contribution in [0.15, 0.2) is 53.5 Å². The Labute approximate surface area is 191 Å². The van der Waals surface area contributed by atoms with Crippen molar-refractivity contribution >= 4 is 28.0 Å². The standard InChI is InChI=1S/C25H26N6O2/c1-15-13-30(9-8-19(15)18-5-6-20(27-12-18)24(32)26-3)14-17-4-7-22-21(11-17)28-25(33)23-10-16(2)29-31(22)23/h4-8,10-12,15H,9,13-14H2,1-3H3,(H,26,32)(H,28,33). The number of fused-ring (bicyclic) bond motifs is 3. The monoisotopic (exact) mass is 442 g/mol. The summed E-state index contributed by atoms with van der Waals surface area (Å²) in [6.45, 7) is 6.62. The van der Waals surface area contributed by atoms with Crippen LogP contribution in [0.2, 0.25) is 0 Å². The third-order valence-corrected chi connectivity index (χ3v) is 6.20. The van der Waals surface area contributed by atoms with Crippen LogP contribution in [0.1, 0.15) is 34.2 Å². The van der Waals surface area contributed by atoms with Crippen LogP contribution in [0.25, 0.3) is 22.1 Å². The first-order valence-corrected chi connectivity index (χ1v) is 11.0. The molecule has 5 rings (SSSR count). The average molecular weight is 443 g/mol. The van der Waals surface area contributed by atoms with E-state index < -0.39 is 0 Å². The second kappa shape index (κ2) is 8.29. The molecule has 1 amide bonds. The molecule has 0 aliphatic carbocycles. The number of carbonyl (C=O) groups is 1. The van der Waals surface area contributed by atoms with Gasteiger partial charge in [0.2, 0.25) is 0 Å². The van der Waals surface area contributed by atoms with Crippen molar-refractivity contribution in [3.05, 3.63) is 81.5 Å². The Morgan fingerprint density at radius 2 is 2.06 bits per heavy atom. The lowest BCUT2D eigenvalue weighted by Crippen LogP contribution is -2.32. The first-order valence-electron chi connectivity index (χ1n) is 11.0. The number of nitrogens with one attached hydrogen (secondary N) is 2. The Kier molecular flexibility index (Phi) is 5.30. The fraction of sp³-hybridized carbons (Fsp3) is 0.280. The zero-order chi connectivity index (χ0) is 23.1. The number of pyridine rings is 1. The van der Waals surface area contributed by atoms with Crippen LogP contribution < -0.4 is 10.9 Å². The molecule has 1 aliphatic rings. The lowest BCUT2D eigenvalue weighted by Gasteiger charge is -2.31. The number of nitrogens with zero attached hydrogens (tertiary/aromatic N) is 4. The summed E-state index contributed by atoms with van der Waals surface area (Å²) in [6, 6.07) is 11.7. The van der Waals surface area contributed by atoms with Crippen LogP contribution in [-0.4, -0.2) is 50.5 Å². The Morgan fingerprint density at radius 3 is 2.79 bits per heavy atom. The van der Waals surface area contributed by atoms with Crippen molar-refractivity contribution in [2.75, 3.05) is 20.1 Å². The molecule has 0 bridgehead atoms. The minimum Gasteiger partial charge on any atom is -0.354 e. The normalized spacial score (nSPS) is 16.8. The van der Waals surface area contributed by atoms with Gasteiger partial charge < -0.3 is 10.3 Å². The van der Waals surface area contributed by atoms with Crippen LogP contribution >= 0.6 is 0 Å². The molecule has 8 heteroatoms. The van der Waals surface area contributed by atoms with Gasteiger partial charge in [-0.1, -0.05) is 25.1 Å². The first kappa shape index (κ1) is 21.1. The first-order chi connectivity index (χ1) is 15.9. The summed E-state index contributed by atoms with van der Waals surface area (Å²) in [5.41, 5.74) is 6.80. The Balaban J connectivity index is 1.35. The number of aromatic amines is 1. The van der Waals surface area contributed by atoms with Gasteiger partial charge in [0.1, 0.15) is 11.2 Å². The van der Waals surface area contributed by atoms with E-state index in [-0.39, 0.29) is 11.5 Å². The molecule has 8 nitrogen and oxygen atoms in total. The maximum absolute atomic E-state index is 12.4. The van der Waals surface area contributed by atoms with Crippen molar-refractivity contribution in [3.8, 4) is 0 Å². The van der Waals surface area contributed by atoms with Crippen LogP contribution in [-0.2, 0) is 6.54 Å². The van der Waals surface area contributed by atoms with E-state index in [4.69, 9.17) is 0 Å². The molecule has 1 unspecified atom stereocenters. The molecule has 0 saturated carbocycles. The molecule has 3 aromatic heterocycles. The smallest absolute Gasteiger partial charge is 0.274 e. The molecule has 4 aromatic rings. The zero-order valence-electron chi connectivity index (χ0n) is 18.9. The third-order valence-electron chi connectivity index (χ3n) is 6.20. The number of aromatic nitrogens is 4. The number of rotatable bonds is 4. The fourth-order valence-electron chi connectivity index (χ4n) is 4.60. The summed E-state index contributed by atoms with van der Waals surface area (Å²) < 4.78 is 1.72. The minimum absolute atomic E-state index is 0.129. The molecule has 4 heterocycles. The zero-order valence-corrected chi connectivity index (χ0v) is 18.9. The maximum atomic E-state index is 12.4. The summed E-state index contributed by atoms with van der Waals surface area (Å²) in [6.07, 6.45) is 4.02. The van der Waals surface area contributed by atoms with Crippen LogP contribution in [0, 0.1) is 12.8 Å². The quantitative estimate of drug-likeness (QED) is 0.507. The van der Waals surface area contributed by atoms with Crippen molar-refractivity contribution in [3.63, 3.8) is 0 Å². The van der Waals surface area contributed by atoms with Crippen molar-refractivity contribution in [1.82, 2.24) is 29.8 Å². The molecule has 168 valence electrons. The van der Waals surface area contributed by atoms with Gasteiger partial charge in [-0.15, -0.1) is 0 Å². The van der Waals surface area contributed by atoms with Gasteiger partial charge in [-0.2, -0.15) is 5.10 Å². The summed E-state index contributed by atoms with van der Waals surface area (Å²) in [5.74, 6) is 0.150. The van der Waals surface area contributed by atoms with E-state index in [1.54, 1.807) is 29.9 Å². The Bertz CT molecular complexity index is 1450. The Morgan fingerprint density at radius 1 is 1.21 bits per heavy atom. The summed E-state index contributed by atoms with van der Waals surface area (Å²) in [5, 5.41) is 7.06. The number of hydrogen-bond acceptors (Lipinski definition) is 5. The molecule has 1 atom stereocenters.